The van der Waals surface area contributed by atoms with Crippen molar-refractivity contribution in [3.05, 3.63) is 53.6 Å². The van der Waals surface area contributed by atoms with Crippen molar-refractivity contribution in [1.29, 1.82) is 0 Å². The smallest absolute Gasteiger partial charge is 0.306 e. The first-order valence-corrected chi connectivity index (χ1v) is 11.7. The number of carbonyl (C=O) groups is 1. The number of carboxylic acids is 1. The summed E-state index contributed by atoms with van der Waals surface area (Å²) in [6.07, 6.45) is 2.68. The Morgan fingerprint density at radius 2 is 2.06 bits per heavy atom. The van der Waals surface area contributed by atoms with Crippen LogP contribution in [0.5, 0.6) is 5.75 Å². The molecule has 0 amide bonds. The van der Waals surface area contributed by atoms with Crippen molar-refractivity contribution in [3.63, 3.8) is 0 Å². The molecule has 0 spiro atoms. The number of aryl methyl sites for hydroxylation is 2. The summed E-state index contributed by atoms with van der Waals surface area (Å²) in [5, 5.41) is 30.2. The first-order chi connectivity index (χ1) is 17.4. The van der Waals surface area contributed by atoms with Gasteiger partial charge in [0, 0.05) is 12.6 Å². The van der Waals surface area contributed by atoms with E-state index in [1.54, 1.807) is 29.9 Å². The summed E-state index contributed by atoms with van der Waals surface area (Å²) >= 11 is 0. The maximum absolute atomic E-state index is 13.6. The van der Waals surface area contributed by atoms with Crippen LogP contribution in [0.3, 0.4) is 0 Å². The molecule has 1 fully saturated rings. The fraction of sp³-hybridized carbons (Fsp3) is 0.375. The van der Waals surface area contributed by atoms with Crippen molar-refractivity contribution < 1.29 is 19.0 Å². The van der Waals surface area contributed by atoms with Gasteiger partial charge >= 0.3 is 5.97 Å². The Bertz CT molecular complexity index is 1400. The van der Waals surface area contributed by atoms with Gasteiger partial charge in [-0.25, -0.2) is 14.1 Å². The lowest BCUT2D eigenvalue weighted by Crippen LogP contribution is -2.29. The Labute approximate surface area is 205 Å². The van der Waals surface area contributed by atoms with Crippen molar-refractivity contribution in [2.45, 2.75) is 45.3 Å². The molecule has 3 heterocycles. The molecule has 1 aliphatic rings. The van der Waals surface area contributed by atoms with Crippen LogP contribution in [-0.4, -0.2) is 57.4 Å². The summed E-state index contributed by atoms with van der Waals surface area (Å²) in [6.45, 7) is 2.08. The highest BCUT2D eigenvalue weighted by Crippen LogP contribution is 2.30. The van der Waals surface area contributed by atoms with Crippen molar-refractivity contribution in [3.8, 4) is 28.5 Å². The SMILES string of the molecule is Cc1nc(-c2nnn(C)c2Cn2nnc(-c3cccc(F)c3)n2)ccc1O[C@H]1CCC[C@H](C(=O)O)C1. The van der Waals surface area contributed by atoms with Gasteiger partial charge in [0.1, 0.15) is 23.8 Å². The average Bonchev–Trinajstić information content (AvgIpc) is 3.48. The minimum absolute atomic E-state index is 0.149. The van der Waals surface area contributed by atoms with Gasteiger partial charge in [0.2, 0.25) is 5.82 Å². The number of carboxylic acid groups (broad SMARTS) is 1. The third-order valence-corrected chi connectivity index (χ3v) is 6.32. The van der Waals surface area contributed by atoms with E-state index in [1.165, 1.54) is 16.9 Å². The van der Waals surface area contributed by atoms with E-state index in [0.29, 0.717) is 47.1 Å². The lowest BCUT2D eigenvalue weighted by atomic mass is 9.87. The number of halogens is 1. The first-order valence-electron chi connectivity index (χ1n) is 11.7. The highest BCUT2D eigenvalue weighted by atomic mass is 19.1. The highest BCUT2D eigenvalue weighted by Gasteiger charge is 2.28. The fourth-order valence-electron chi connectivity index (χ4n) is 4.40. The van der Waals surface area contributed by atoms with Crippen LogP contribution in [-0.2, 0) is 18.4 Å². The molecule has 1 N–H and O–H groups in total. The van der Waals surface area contributed by atoms with Crippen molar-refractivity contribution in [2.24, 2.45) is 13.0 Å². The quantitative estimate of drug-likeness (QED) is 0.413. The third-order valence-electron chi connectivity index (χ3n) is 6.32. The van der Waals surface area contributed by atoms with Gasteiger partial charge in [0.15, 0.2) is 0 Å². The molecule has 1 aliphatic carbocycles. The predicted molar refractivity (Wildman–Crippen MR) is 125 cm³/mol. The van der Waals surface area contributed by atoms with E-state index in [2.05, 4.69) is 30.7 Å². The molecule has 11 nitrogen and oxygen atoms in total. The molecule has 4 aromatic rings. The number of ether oxygens (including phenoxy) is 1. The molecule has 186 valence electrons. The Hall–Kier alpha value is -4.22. The zero-order chi connectivity index (χ0) is 25.2. The monoisotopic (exact) mass is 492 g/mol. The van der Waals surface area contributed by atoms with Gasteiger partial charge in [0.05, 0.1) is 29.1 Å². The largest absolute Gasteiger partial charge is 0.489 e. The van der Waals surface area contributed by atoms with Gasteiger partial charge < -0.3 is 9.84 Å². The summed E-state index contributed by atoms with van der Waals surface area (Å²) in [4.78, 5) is 17.4. The van der Waals surface area contributed by atoms with Gasteiger partial charge in [-0.15, -0.1) is 15.3 Å². The Morgan fingerprint density at radius 3 is 2.83 bits per heavy atom. The molecular formula is C24H25FN8O3. The minimum atomic E-state index is -0.770. The Morgan fingerprint density at radius 1 is 1.19 bits per heavy atom. The number of nitrogens with zero attached hydrogens (tertiary/aromatic N) is 8. The number of hydrogen-bond donors (Lipinski definition) is 1. The van der Waals surface area contributed by atoms with Gasteiger partial charge in [-0.1, -0.05) is 17.3 Å². The van der Waals surface area contributed by atoms with E-state index in [-0.39, 0.29) is 24.4 Å². The first kappa shape index (κ1) is 23.5. The molecule has 2 atom stereocenters. The summed E-state index contributed by atoms with van der Waals surface area (Å²) in [6, 6.07) is 9.65. The highest BCUT2D eigenvalue weighted by molar-refractivity contribution is 5.70. The molecule has 5 rings (SSSR count). The second-order valence-electron chi connectivity index (χ2n) is 8.88. The lowest BCUT2D eigenvalue weighted by Gasteiger charge is -2.27. The van der Waals surface area contributed by atoms with Crippen molar-refractivity contribution >= 4 is 5.97 Å². The topological polar surface area (TPSA) is 134 Å². The molecule has 0 aliphatic heterocycles. The number of pyridine rings is 1. The van der Waals surface area contributed by atoms with Crippen LogP contribution < -0.4 is 4.74 Å². The molecule has 0 radical (unpaired) electrons. The van der Waals surface area contributed by atoms with Gasteiger partial charge in [-0.2, -0.15) is 4.80 Å². The molecule has 3 aromatic heterocycles. The van der Waals surface area contributed by atoms with Crippen LogP contribution in [0.4, 0.5) is 4.39 Å². The molecule has 0 unspecified atom stereocenters. The van der Waals surface area contributed by atoms with E-state index in [0.717, 1.165) is 18.5 Å². The van der Waals surface area contributed by atoms with E-state index in [9.17, 15) is 14.3 Å². The molecule has 1 saturated carbocycles. The number of aliphatic carboxylic acids is 1. The average molecular weight is 493 g/mol. The lowest BCUT2D eigenvalue weighted by molar-refractivity contribution is -0.143. The number of benzene rings is 1. The number of tetrazole rings is 1. The molecule has 12 heteroatoms. The number of rotatable bonds is 7. The van der Waals surface area contributed by atoms with E-state index >= 15 is 0 Å². The van der Waals surface area contributed by atoms with Crippen molar-refractivity contribution in [2.75, 3.05) is 0 Å². The second kappa shape index (κ2) is 9.80. The summed E-state index contributed by atoms with van der Waals surface area (Å²) in [5.41, 5.74) is 3.11. The third kappa shape index (κ3) is 4.92. The summed E-state index contributed by atoms with van der Waals surface area (Å²) in [7, 11) is 1.77. The maximum atomic E-state index is 13.6. The molecule has 0 saturated heterocycles. The zero-order valence-electron chi connectivity index (χ0n) is 19.9. The summed E-state index contributed by atoms with van der Waals surface area (Å²) < 4.78 is 21.3. The van der Waals surface area contributed by atoms with Crippen LogP contribution in [0.1, 0.15) is 37.1 Å². The van der Waals surface area contributed by atoms with Crippen molar-refractivity contribution in [1.82, 2.24) is 40.2 Å². The van der Waals surface area contributed by atoms with E-state index in [1.807, 2.05) is 13.0 Å². The van der Waals surface area contributed by atoms with Crippen LogP contribution in [0.15, 0.2) is 36.4 Å². The van der Waals surface area contributed by atoms with Gasteiger partial charge in [-0.05, 0) is 62.1 Å². The maximum Gasteiger partial charge on any atom is 0.306 e. The normalized spacial score (nSPS) is 17.8. The standard InChI is InChI=1S/C24H25FN8O3/c1-14-21(36-18-8-4-6-16(12-18)24(34)35)10-9-19(26-14)22-20(32(2)30-27-22)13-33-29-23(28-31-33)15-5-3-7-17(25)11-15/h3,5,7,9-11,16,18H,4,6,8,12-13H2,1-2H3,(H,34,35)/t16-,18-/m0/s1. The van der Waals surface area contributed by atoms with Gasteiger partial charge in [-0.3, -0.25) is 4.79 Å². The van der Waals surface area contributed by atoms with Crippen LogP contribution in [0, 0.1) is 18.7 Å². The predicted octanol–water partition coefficient (Wildman–Crippen LogP) is 3.05. The van der Waals surface area contributed by atoms with E-state index < -0.39 is 5.97 Å². The molecule has 1 aromatic carbocycles. The molecule has 36 heavy (non-hydrogen) atoms. The van der Waals surface area contributed by atoms with Crippen LogP contribution >= 0.6 is 0 Å². The summed E-state index contributed by atoms with van der Waals surface area (Å²) in [5.74, 6) is -0.577. The zero-order valence-corrected chi connectivity index (χ0v) is 19.9. The second-order valence-corrected chi connectivity index (χ2v) is 8.88. The van der Waals surface area contributed by atoms with Gasteiger partial charge in [0.25, 0.3) is 0 Å². The number of aromatic nitrogens is 8. The molecule has 0 bridgehead atoms. The minimum Gasteiger partial charge on any atom is -0.489 e. The Kier molecular flexibility index (Phi) is 6.40. The molecular weight excluding hydrogens is 467 g/mol. The number of hydrogen-bond acceptors (Lipinski definition) is 8. The van der Waals surface area contributed by atoms with E-state index in [4.69, 9.17) is 4.74 Å². The van der Waals surface area contributed by atoms with Crippen LogP contribution in [0.2, 0.25) is 0 Å². The fourth-order valence-corrected chi connectivity index (χ4v) is 4.40. The van der Waals surface area contributed by atoms with Crippen LogP contribution in [0.25, 0.3) is 22.8 Å². The Balaban J connectivity index is 1.34.